The average molecular weight is 148 g/mol. The largest absolute Gasteiger partial charge is 0.710 e. The molecule has 0 aliphatic carbocycles. The van der Waals surface area contributed by atoms with E-state index in [4.69, 9.17) is 0 Å². The molecule has 0 unspecified atom stereocenters. The monoisotopic (exact) mass is 148 g/mol. The van der Waals surface area contributed by atoms with E-state index >= 15 is 0 Å². The lowest BCUT2D eigenvalue weighted by molar-refractivity contribution is -0.580. The van der Waals surface area contributed by atoms with Crippen LogP contribution in [0.5, 0.6) is 0 Å². The molecule has 0 amide bonds. The van der Waals surface area contributed by atoms with Crippen molar-refractivity contribution in [3.63, 3.8) is 0 Å². The van der Waals surface area contributed by atoms with Crippen molar-refractivity contribution in [2.24, 2.45) is 0 Å². The van der Waals surface area contributed by atoms with Crippen LogP contribution in [-0.2, 0) is 0 Å². The minimum absolute atomic E-state index is 0.481. The molecule has 0 N–H and O–H groups in total. The molecule has 0 aliphatic rings. The molecule has 0 radical (unpaired) electrons. The van der Waals surface area contributed by atoms with Gasteiger partial charge in [0.2, 0.25) is 0 Å². The van der Waals surface area contributed by atoms with Crippen LogP contribution in [0.4, 0.5) is 0 Å². The van der Waals surface area contributed by atoms with Crippen molar-refractivity contribution in [3.05, 3.63) is 30.1 Å². The number of aromatic nitrogens is 4. The number of hydrogen-bond acceptors (Lipinski definition) is 4. The summed E-state index contributed by atoms with van der Waals surface area (Å²) in [5, 5.41) is 18.8. The highest BCUT2D eigenvalue weighted by molar-refractivity contribution is 5.71. The van der Waals surface area contributed by atoms with E-state index in [1.54, 1.807) is 6.20 Å². The molecule has 2 aromatic heterocycles. The molecule has 5 heteroatoms. The van der Waals surface area contributed by atoms with Crippen LogP contribution in [0, 0.1) is 5.21 Å². The van der Waals surface area contributed by atoms with Gasteiger partial charge in [-0.3, -0.25) is 0 Å². The van der Waals surface area contributed by atoms with E-state index in [0.29, 0.717) is 15.6 Å². The van der Waals surface area contributed by atoms with Crippen LogP contribution < -0.4 is 4.73 Å². The maximum Gasteiger partial charge on any atom is 0.289 e. The van der Waals surface area contributed by atoms with Gasteiger partial charge in [0.15, 0.2) is 11.7 Å². The van der Waals surface area contributed by atoms with Gasteiger partial charge in [0.1, 0.15) is 0 Å². The zero-order chi connectivity index (χ0) is 7.68. The van der Waals surface area contributed by atoms with E-state index in [2.05, 4.69) is 15.2 Å². The van der Waals surface area contributed by atoms with Gasteiger partial charge >= 0.3 is 0 Å². The third kappa shape index (κ3) is 0.861. The highest BCUT2D eigenvalue weighted by Gasteiger charge is 1.99. The predicted molar refractivity (Wildman–Crippen MR) is 36.3 cm³/mol. The summed E-state index contributed by atoms with van der Waals surface area (Å²) in [7, 11) is 0. The van der Waals surface area contributed by atoms with Crippen molar-refractivity contribution < 1.29 is 4.73 Å². The quantitative estimate of drug-likeness (QED) is 0.378. The van der Waals surface area contributed by atoms with Gasteiger partial charge in [0.05, 0.1) is 17.8 Å². The summed E-state index contributed by atoms with van der Waals surface area (Å²) in [4.78, 5) is 3.70. The van der Waals surface area contributed by atoms with Gasteiger partial charge in [-0.05, 0) is 0 Å². The number of nitrogens with zero attached hydrogens (tertiary/aromatic N) is 4. The van der Waals surface area contributed by atoms with Crippen molar-refractivity contribution in [1.82, 2.24) is 15.2 Å². The highest BCUT2D eigenvalue weighted by Crippen LogP contribution is 2.01. The van der Waals surface area contributed by atoms with E-state index in [1.165, 1.54) is 18.7 Å². The Labute approximate surface area is 61.9 Å². The van der Waals surface area contributed by atoms with Crippen LogP contribution in [-0.4, -0.2) is 15.2 Å². The fraction of sp³-hybridized carbons (Fsp3) is 0. The maximum absolute atomic E-state index is 11.0. The summed E-state index contributed by atoms with van der Waals surface area (Å²) in [6.45, 7) is 0. The smallest absolute Gasteiger partial charge is 0.289 e. The van der Waals surface area contributed by atoms with Gasteiger partial charge in [-0.2, -0.15) is 10.2 Å². The molecule has 0 saturated carbocycles. The molecule has 0 aliphatic heterocycles. The van der Waals surface area contributed by atoms with Crippen molar-refractivity contribution in [3.8, 4) is 0 Å². The molecule has 2 heterocycles. The van der Waals surface area contributed by atoms with E-state index in [-0.39, 0.29) is 0 Å². The van der Waals surface area contributed by atoms with Gasteiger partial charge in [0.25, 0.3) is 6.33 Å². The Morgan fingerprint density at radius 2 is 2.00 bits per heavy atom. The second kappa shape index (κ2) is 2.12. The van der Waals surface area contributed by atoms with Crippen LogP contribution in [0.15, 0.2) is 24.9 Å². The molecule has 2 aromatic rings. The normalized spacial score (nSPS) is 10.2. The zero-order valence-corrected chi connectivity index (χ0v) is 5.51. The number of fused-ring (bicyclic) bond motifs is 1. The van der Waals surface area contributed by atoms with Gasteiger partial charge in [0, 0.05) is 0 Å². The SMILES string of the molecule is [O-][n+]1cncc2cnncc21. The standard InChI is InChI=1S/C6H4N4O/c11-10-4-7-1-5-2-8-9-3-6(5)10/h1-4H. The van der Waals surface area contributed by atoms with Crippen LogP contribution in [0.25, 0.3) is 10.9 Å². The molecular formula is C6H4N4O. The molecule has 11 heavy (non-hydrogen) atoms. The molecule has 0 spiro atoms. The first-order valence-corrected chi connectivity index (χ1v) is 3.01. The third-order valence-corrected chi connectivity index (χ3v) is 1.36. The second-order valence-electron chi connectivity index (χ2n) is 2.05. The molecule has 0 bridgehead atoms. The summed E-state index contributed by atoms with van der Waals surface area (Å²) >= 11 is 0. The van der Waals surface area contributed by atoms with Crippen LogP contribution in [0.1, 0.15) is 0 Å². The topological polar surface area (TPSA) is 65.6 Å². The first-order chi connectivity index (χ1) is 5.38. The summed E-state index contributed by atoms with van der Waals surface area (Å²) in [6.07, 6.45) is 5.66. The molecule has 0 atom stereocenters. The van der Waals surface area contributed by atoms with Crippen LogP contribution in [0.3, 0.4) is 0 Å². The summed E-state index contributed by atoms with van der Waals surface area (Å²) in [5.41, 5.74) is 0.481. The summed E-state index contributed by atoms with van der Waals surface area (Å²) in [5.74, 6) is 0. The van der Waals surface area contributed by atoms with Gasteiger partial charge < -0.3 is 5.21 Å². The van der Waals surface area contributed by atoms with Gasteiger partial charge in [-0.1, -0.05) is 4.98 Å². The Bertz CT molecular complexity index is 384. The highest BCUT2D eigenvalue weighted by atomic mass is 16.5. The van der Waals surface area contributed by atoms with Gasteiger partial charge in [-0.25, -0.2) is 4.73 Å². The first kappa shape index (κ1) is 5.96. The minimum atomic E-state index is 0.481. The first-order valence-electron chi connectivity index (χ1n) is 3.01. The minimum Gasteiger partial charge on any atom is -0.710 e. The van der Waals surface area contributed by atoms with E-state index in [0.717, 1.165) is 0 Å². The maximum atomic E-state index is 11.0. The van der Waals surface area contributed by atoms with Crippen molar-refractivity contribution in [2.75, 3.05) is 0 Å². The molecule has 0 fully saturated rings. The Morgan fingerprint density at radius 1 is 1.18 bits per heavy atom. The lowest BCUT2D eigenvalue weighted by Gasteiger charge is -2.00. The van der Waals surface area contributed by atoms with E-state index in [1.807, 2.05) is 0 Å². The average Bonchev–Trinajstić information content (AvgIpc) is 2.06. The molecule has 2 rings (SSSR count). The Balaban J connectivity index is 2.91. The van der Waals surface area contributed by atoms with E-state index < -0.39 is 0 Å². The van der Waals surface area contributed by atoms with Crippen molar-refractivity contribution in [2.45, 2.75) is 0 Å². The van der Waals surface area contributed by atoms with Crippen LogP contribution in [0.2, 0.25) is 0 Å². The Morgan fingerprint density at radius 3 is 2.82 bits per heavy atom. The number of hydrogen-bond donors (Lipinski definition) is 0. The third-order valence-electron chi connectivity index (χ3n) is 1.36. The zero-order valence-electron chi connectivity index (χ0n) is 5.51. The lowest BCUT2D eigenvalue weighted by Crippen LogP contribution is -2.27. The van der Waals surface area contributed by atoms with Crippen molar-refractivity contribution in [1.29, 1.82) is 0 Å². The molecular weight excluding hydrogens is 144 g/mol. The fourth-order valence-electron chi connectivity index (χ4n) is 0.844. The van der Waals surface area contributed by atoms with Gasteiger partial charge in [-0.15, -0.1) is 0 Å². The Hall–Kier alpha value is -1.78. The molecule has 0 aromatic carbocycles. The lowest BCUT2D eigenvalue weighted by atomic mass is 10.4. The summed E-state index contributed by atoms with van der Waals surface area (Å²) in [6, 6.07) is 0. The second-order valence-corrected chi connectivity index (χ2v) is 2.05. The fourth-order valence-corrected chi connectivity index (χ4v) is 0.844. The van der Waals surface area contributed by atoms with Crippen molar-refractivity contribution >= 4 is 10.9 Å². The number of rotatable bonds is 0. The van der Waals surface area contributed by atoms with E-state index in [9.17, 15) is 5.21 Å². The Kier molecular flexibility index (Phi) is 1.15. The summed E-state index contributed by atoms with van der Waals surface area (Å²) < 4.78 is 0.657. The molecule has 0 saturated heterocycles. The molecule has 54 valence electrons. The molecule has 5 nitrogen and oxygen atoms in total. The predicted octanol–water partition coefficient (Wildman–Crippen LogP) is -0.342. The van der Waals surface area contributed by atoms with Crippen LogP contribution >= 0.6 is 0 Å².